The first-order chi connectivity index (χ1) is 9.52. The summed E-state index contributed by atoms with van der Waals surface area (Å²) in [5.41, 5.74) is 0.797. The highest BCUT2D eigenvalue weighted by molar-refractivity contribution is 9.10. The highest BCUT2D eigenvalue weighted by atomic mass is 79.9. The molecule has 5 heteroatoms. The zero-order chi connectivity index (χ0) is 14.3. The largest absolute Gasteiger partial charge is 0.481 e. The van der Waals surface area contributed by atoms with Crippen LogP contribution in [0, 0.1) is 11.8 Å². The van der Waals surface area contributed by atoms with Crippen LogP contribution in [0.25, 0.3) is 0 Å². The van der Waals surface area contributed by atoms with Gasteiger partial charge >= 0.3 is 5.97 Å². The lowest BCUT2D eigenvalue weighted by Crippen LogP contribution is -2.51. The Labute approximate surface area is 125 Å². The molecule has 0 spiro atoms. The highest BCUT2D eigenvalue weighted by Gasteiger charge is 2.51. The van der Waals surface area contributed by atoms with Crippen molar-refractivity contribution in [1.82, 2.24) is 5.32 Å². The van der Waals surface area contributed by atoms with Crippen LogP contribution in [0.5, 0.6) is 0 Å². The number of halogens is 1. The minimum atomic E-state index is -0.865. The summed E-state index contributed by atoms with van der Waals surface area (Å²) in [5.74, 6) is -1.82. The first-order valence-corrected chi connectivity index (χ1v) is 7.62. The topological polar surface area (TPSA) is 66.4 Å². The zero-order valence-electron chi connectivity index (χ0n) is 10.9. The average Bonchev–Trinajstić information content (AvgIpc) is 3.13. The van der Waals surface area contributed by atoms with Gasteiger partial charge in [-0.25, -0.2) is 0 Å². The maximum Gasteiger partial charge on any atom is 0.307 e. The number of aliphatic carboxylic acids is 1. The molecule has 20 heavy (non-hydrogen) atoms. The van der Waals surface area contributed by atoms with Crippen LogP contribution in [-0.4, -0.2) is 17.0 Å². The van der Waals surface area contributed by atoms with Gasteiger partial charge < -0.3 is 10.4 Å². The maximum absolute atomic E-state index is 12.2. The molecule has 1 amide bonds. The van der Waals surface area contributed by atoms with Gasteiger partial charge in [-0.1, -0.05) is 28.1 Å². The van der Waals surface area contributed by atoms with Crippen molar-refractivity contribution in [3.8, 4) is 0 Å². The minimum Gasteiger partial charge on any atom is -0.481 e. The Morgan fingerprint density at radius 3 is 2.55 bits per heavy atom. The smallest absolute Gasteiger partial charge is 0.307 e. The minimum absolute atomic E-state index is 0.114. The van der Waals surface area contributed by atoms with Gasteiger partial charge in [-0.05, 0) is 43.4 Å². The lowest BCUT2D eigenvalue weighted by atomic mass is 9.71. The molecule has 2 aliphatic rings. The molecule has 0 heterocycles. The third-order valence-corrected chi connectivity index (χ3v) is 4.88. The Balaban J connectivity index is 1.74. The highest BCUT2D eigenvalue weighted by Crippen LogP contribution is 2.45. The van der Waals surface area contributed by atoms with Gasteiger partial charge in [-0.3, -0.25) is 9.59 Å². The first kappa shape index (κ1) is 13.6. The molecule has 2 fully saturated rings. The normalized spacial score (nSPS) is 26.4. The second-order valence-corrected chi connectivity index (χ2v) is 6.64. The molecular formula is C15H16BrNO3. The van der Waals surface area contributed by atoms with E-state index < -0.39 is 11.9 Å². The Morgan fingerprint density at radius 1 is 1.30 bits per heavy atom. The van der Waals surface area contributed by atoms with E-state index in [1.807, 2.05) is 24.3 Å². The Morgan fingerprint density at radius 2 is 2.05 bits per heavy atom. The summed E-state index contributed by atoms with van der Waals surface area (Å²) >= 11 is 3.45. The fourth-order valence-electron chi connectivity index (χ4n) is 2.89. The summed E-state index contributed by atoms with van der Waals surface area (Å²) in [6, 6.07) is 7.97. The number of amides is 1. The molecule has 2 N–H and O–H groups in total. The van der Waals surface area contributed by atoms with Gasteiger partial charge in [-0.15, -0.1) is 0 Å². The molecule has 0 radical (unpaired) electrons. The maximum atomic E-state index is 12.2. The van der Waals surface area contributed by atoms with Crippen molar-refractivity contribution in [1.29, 1.82) is 0 Å². The number of hydrogen-bond acceptors (Lipinski definition) is 2. The van der Waals surface area contributed by atoms with Crippen molar-refractivity contribution in [2.75, 3.05) is 0 Å². The summed E-state index contributed by atoms with van der Waals surface area (Å²) in [5, 5.41) is 12.0. The fourth-order valence-corrected chi connectivity index (χ4v) is 3.29. The molecule has 4 nitrogen and oxygen atoms in total. The summed E-state index contributed by atoms with van der Waals surface area (Å²) in [6.45, 7) is 0. The van der Waals surface area contributed by atoms with Crippen LogP contribution in [0.4, 0.5) is 0 Å². The third kappa shape index (κ3) is 2.35. The van der Waals surface area contributed by atoms with Crippen LogP contribution in [0.15, 0.2) is 28.7 Å². The van der Waals surface area contributed by atoms with Crippen molar-refractivity contribution in [3.05, 3.63) is 34.3 Å². The molecule has 2 atom stereocenters. The predicted molar refractivity (Wildman–Crippen MR) is 77.0 cm³/mol. The molecule has 2 unspecified atom stereocenters. The van der Waals surface area contributed by atoms with E-state index in [1.54, 1.807) is 0 Å². The molecule has 0 bridgehead atoms. The van der Waals surface area contributed by atoms with Crippen LogP contribution in [-0.2, 0) is 15.1 Å². The van der Waals surface area contributed by atoms with Gasteiger partial charge in [0.15, 0.2) is 0 Å². The van der Waals surface area contributed by atoms with Gasteiger partial charge in [0.25, 0.3) is 0 Å². The Kier molecular flexibility index (Phi) is 3.32. The molecule has 0 aliphatic heterocycles. The van der Waals surface area contributed by atoms with Gasteiger partial charge in [0, 0.05) is 4.47 Å². The number of carboxylic acids is 1. The van der Waals surface area contributed by atoms with Gasteiger partial charge in [0.2, 0.25) is 5.91 Å². The monoisotopic (exact) mass is 337 g/mol. The molecule has 0 aromatic heterocycles. The Hall–Kier alpha value is -1.36. The van der Waals surface area contributed by atoms with Crippen LogP contribution in [0.3, 0.4) is 0 Å². The first-order valence-electron chi connectivity index (χ1n) is 6.83. The lowest BCUT2D eigenvalue weighted by Gasteiger charge is -2.43. The van der Waals surface area contributed by atoms with E-state index in [1.165, 1.54) is 0 Å². The van der Waals surface area contributed by atoms with E-state index in [4.69, 9.17) is 5.11 Å². The molecule has 2 saturated carbocycles. The van der Waals surface area contributed by atoms with E-state index in [0.717, 1.165) is 29.3 Å². The molecule has 2 aliphatic carbocycles. The van der Waals surface area contributed by atoms with Gasteiger partial charge in [0.1, 0.15) is 0 Å². The summed E-state index contributed by atoms with van der Waals surface area (Å²) < 4.78 is 0.991. The van der Waals surface area contributed by atoms with E-state index in [2.05, 4.69) is 21.2 Å². The molecule has 1 aromatic carbocycles. The van der Waals surface area contributed by atoms with E-state index in [-0.39, 0.29) is 17.4 Å². The van der Waals surface area contributed by atoms with E-state index in [9.17, 15) is 9.59 Å². The predicted octanol–water partition coefficient (Wildman–Crippen LogP) is 2.67. The summed E-state index contributed by atoms with van der Waals surface area (Å²) in [7, 11) is 0. The quantitative estimate of drug-likeness (QED) is 0.887. The van der Waals surface area contributed by atoms with Crippen molar-refractivity contribution in [2.45, 2.75) is 31.2 Å². The van der Waals surface area contributed by atoms with E-state index in [0.29, 0.717) is 6.42 Å². The van der Waals surface area contributed by atoms with Crippen molar-refractivity contribution < 1.29 is 14.7 Å². The summed E-state index contributed by atoms with van der Waals surface area (Å²) in [6.07, 6.45) is 3.38. The second kappa shape index (κ2) is 4.88. The Bertz CT molecular complexity index is 568. The number of rotatable bonds is 4. The standard InChI is InChI=1S/C15H16BrNO3/c16-10-4-1-3-9(7-10)15(5-2-6-15)17-13(18)11-8-12(11)14(19)20/h1,3-4,7,11-12H,2,5-6,8H2,(H,17,18)(H,19,20). The molecule has 3 rings (SSSR count). The number of nitrogens with one attached hydrogen (secondary N) is 1. The number of carbonyl (C=O) groups is 2. The molecule has 0 saturated heterocycles. The van der Waals surface area contributed by atoms with Gasteiger partial charge in [-0.2, -0.15) is 0 Å². The fraction of sp³-hybridized carbons (Fsp3) is 0.467. The van der Waals surface area contributed by atoms with Crippen LogP contribution in [0.2, 0.25) is 0 Å². The van der Waals surface area contributed by atoms with Crippen LogP contribution < -0.4 is 5.32 Å². The molecule has 106 valence electrons. The molecular weight excluding hydrogens is 322 g/mol. The number of hydrogen-bond donors (Lipinski definition) is 2. The van der Waals surface area contributed by atoms with Crippen LogP contribution in [0.1, 0.15) is 31.2 Å². The molecule has 1 aromatic rings. The van der Waals surface area contributed by atoms with Crippen molar-refractivity contribution in [2.24, 2.45) is 11.8 Å². The number of carbonyl (C=O) groups excluding carboxylic acids is 1. The van der Waals surface area contributed by atoms with Gasteiger partial charge in [0.05, 0.1) is 17.4 Å². The van der Waals surface area contributed by atoms with Crippen molar-refractivity contribution in [3.63, 3.8) is 0 Å². The van der Waals surface area contributed by atoms with Crippen molar-refractivity contribution >= 4 is 27.8 Å². The number of benzene rings is 1. The summed E-state index contributed by atoms with van der Waals surface area (Å²) in [4.78, 5) is 23.1. The zero-order valence-corrected chi connectivity index (χ0v) is 12.5. The lowest BCUT2D eigenvalue weighted by molar-refractivity contribution is -0.140. The van der Waals surface area contributed by atoms with Crippen LogP contribution >= 0.6 is 15.9 Å². The SMILES string of the molecule is O=C(O)C1CC1C(=O)NC1(c2cccc(Br)c2)CCC1. The second-order valence-electron chi connectivity index (χ2n) is 5.72. The average molecular weight is 338 g/mol. The van der Waals surface area contributed by atoms with E-state index >= 15 is 0 Å². The third-order valence-electron chi connectivity index (χ3n) is 4.39. The number of carboxylic acid groups (broad SMARTS) is 1.